The number of hydrogen-bond acceptors (Lipinski definition) is 3. The lowest BCUT2D eigenvalue weighted by atomic mass is 10.1. The van der Waals surface area contributed by atoms with Crippen LogP contribution < -0.4 is 10.5 Å². The molecule has 7 heteroatoms. The minimum atomic E-state index is -4.00. The number of carbonyl (C=O) groups excluding carboxylic acids is 1. The fourth-order valence-electron chi connectivity index (χ4n) is 1.54. The maximum Gasteiger partial charge on any atom is 0.254 e. The van der Waals surface area contributed by atoms with Gasteiger partial charge in [-0.15, -0.1) is 0 Å². The van der Waals surface area contributed by atoms with Gasteiger partial charge in [0, 0.05) is 5.54 Å². The number of hydrogen-bond donors (Lipinski definition) is 2. The van der Waals surface area contributed by atoms with E-state index in [1.807, 2.05) is 0 Å². The van der Waals surface area contributed by atoms with Crippen LogP contribution in [0.25, 0.3) is 0 Å². The van der Waals surface area contributed by atoms with Crippen LogP contribution in [-0.2, 0) is 10.0 Å². The Hall–Kier alpha value is -1.47. The molecule has 0 spiro atoms. The summed E-state index contributed by atoms with van der Waals surface area (Å²) in [6, 6.07) is 1.94. The Bertz CT molecular complexity index is 619. The maximum absolute atomic E-state index is 13.7. The number of primary sulfonamides is 1. The van der Waals surface area contributed by atoms with Crippen molar-refractivity contribution in [3.63, 3.8) is 0 Å². The first-order chi connectivity index (χ1) is 8.42. The number of aryl methyl sites for hydroxylation is 1. The molecule has 0 unspecified atom stereocenters. The summed E-state index contributed by atoms with van der Waals surface area (Å²) in [6.45, 7) is 6.61. The first kappa shape index (κ1) is 15.6. The van der Waals surface area contributed by atoms with Gasteiger partial charge in [-0.05, 0) is 45.4 Å². The number of nitrogens with two attached hydrogens (primary N) is 1. The Morgan fingerprint density at radius 2 is 1.84 bits per heavy atom. The van der Waals surface area contributed by atoms with Crippen molar-refractivity contribution in [3.8, 4) is 0 Å². The SMILES string of the molecule is Cc1cc(F)c(C(=O)NC(C)(C)C)cc1S(N)(=O)=O. The van der Waals surface area contributed by atoms with E-state index in [0.29, 0.717) is 0 Å². The molecule has 0 saturated heterocycles. The van der Waals surface area contributed by atoms with E-state index in [1.54, 1.807) is 20.8 Å². The molecule has 1 amide bonds. The van der Waals surface area contributed by atoms with Gasteiger partial charge in [0.2, 0.25) is 10.0 Å². The van der Waals surface area contributed by atoms with Crippen LogP contribution in [0.3, 0.4) is 0 Å². The molecule has 0 heterocycles. The number of benzene rings is 1. The first-order valence-corrected chi connectivity index (χ1v) is 7.12. The van der Waals surface area contributed by atoms with Gasteiger partial charge < -0.3 is 5.32 Å². The lowest BCUT2D eigenvalue weighted by Crippen LogP contribution is -2.41. The lowest BCUT2D eigenvalue weighted by Gasteiger charge is -2.21. The standard InChI is InChI=1S/C12H17FN2O3S/c1-7-5-9(13)8(6-10(7)19(14,17)18)11(16)15-12(2,3)4/h5-6H,1-4H3,(H,15,16)(H2,14,17,18). The number of rotatable bonds is 2. The fraction of sp³-hybridized carbons (Fsp3) is 0.417. The summed E-state index contributed by atoms with van der Waals surface area (Å²) >= 11 is 0. The molecular weight excluding hydrogens is 271 g/mol. The molecule has 106 valence electrons. The van der Waals surface area contributed by atoms with Crippen LogP contribution >= 0.6 is 0 Å². The second-order valence-electron chi connectivity index (χ2n) is 5.35. The number of amides is 1. The molecule has 5 nitrogen and oxygen atoms in total. The largest absolute Gasteiger partial charge is 0.347 e. The van der Waals surface area contributed by atoms with Gasteiger partial charge in [0.25, 0.3) is 5.91 Å². The quantitative estimate of drug-likeness (QED) is 0.859. The van der Waals surface area contributed by atoms with Crippen LogP contribution in [0.4, 0.5) is 4.39 Å². The predicted octanol–water partition coefficient (Wildman–Crippen LogP) is 1.31. The van der Waals surface area contributed by atoms with Crippen molar-refractivity contribution in [2.24, 2.45) is 5.14 Å². The van der Waals surface area contributed by atoms with Crippen LogP contribution in [0.1, 0.15) is 36.7 Å². The third kappa shape index (κ3) is 4.00. The Morgan fingerprint density at radius 1 is 1.32 bits per heavy atom. The smallest absolute Gasteiger partial charge is 0.254 e. The second kappa shape index (κ2) is 4.90. The minimum absolute atomic E-state index is 0.160. The molecule has 0 aliphatic carbocycles. The molecule has 0 bridgehead atoms. The van der Waals surface area contributed by atoms with E-state index in [9.17, 15) is 17.6 Å². The van der Waals surface area contributed by atoms with Gasteiger partial charge in [0.1, 0.15) is 5.82 Å². The summed E-state index contributed by atoms with van der Waals surface area (Å²) in [5.41, 5.74) is -0.743. The van der Waals surface area contributed by atoms with Crippen LogP contribution in [0.15, 0.2) is 17.0 Å². The predicted molar refractivity (Wildman–Crippen MR) is 69.7 cm³/mol. The lowest BCUT2D eigenvalue weighted by molar-refractivity contribution is 0.0915. The highest BCUT2D eigenvalue weighted by molar-refractivity contribution is 7.89. The average molecular weight is 288 g/mol. The molecule has 1 aromatic rings. The van der Waals surface area contributed by atoms with E-state index in [1.165, 1.54) is 6.92 Å². The number of nitrogens with one attached hydrogen (secondary N) is 1. The molecule has 3 N–H and O–H groups in total. The van der Waals surface area contributed by atoms with E-state index >= 15 is 0 Å². The maximum atomic E-state index is 13.7. The summed E-state index contributed by atoms with van der Waals surface area (Å²) < 4.78 is 36.4. The third-order valence-electron chi connectivity index (χ3n) is 2.30. The van der Waals surface area contributed by atoms with Crippen molar-refractivity contribution in [1.29, 1.82) is 0 Å². The zero-order valence-corrected chi connectivity index (χ0v) is 12.1. The minimum Gasteiger partial charge on any atom is -0.347 e. The van der Waals surface area contributed by atoms with E-state index in [0.717, 1.165) is 12.1 Å². The van der Waals surface area contributed by atoms with Crippen molar-refractivity contribution in [3.05, 3.63) is 29.1 Å². The van der Waals surface area contributed by atoms with E-state index in [4.69, 9.17) is 5.14 Å². The molecule has 0 atom stereocenters. The Kier molecular flexibility index (Phi) is 4.02. The van der Waals surface area contributed by atoms with Crippen LogP contribution in [0, 0.1) is 12.7 Å². The van der Waals surface area contributed by atoms with Gasteiger partial charge in [-0.3, -0.25) is 4.79 Å². The van der Waals surface area contributed by atoms with Gasteiger partial charge in [0.15, 0.2) is 0 Å². The third-order valence-corrected chi connectivity index (χ3v) is 3.36. The van der Waals surface area contributed by atoms with Crippen LogP contribution in [0.2, 0.25) is 0 Å². The Labute approximate surface area is 112 Å². The van der Waals surface area contributed by atoms with Crippen molar-refractivity contribution < 1.29 is 17.6 Å². The molecule has 0 aromatic heterocycles. The second-order valence-corrected chi connectivity index (χ2v) is 6.88. The highest BCUT2D eigenvalue weighted by atomic mass is 32.2. The molecule has 0 aliphatic heterocycles. The van der Waals surface area contributed by atoms with E-state index < -0.39 is 27.3 Å². The summed E-state index contributed by atoms with van der Waals surface area (Å²) in [6.07, 6.45) is 0. The van der Waals surface area contributed by atoms with Gasteiger partial charge in [-0.25, -0.2) is 17.9 Å². The Balaban J connectivity index is 3.34. The van der Waals surface area contributed by atoms with Crippen molar-refractivity contribution >= 4 is 15.9 Å². The number of halogens is 1. The molecule has 0 saturated carbocycles. The normalized spacial score (nSPS) is 12.3. The van der Waals surface area contributed by atoms with Gasteiger partial charge in [-0.1, -0.05) is 0 Å². The van der Waals surface area contributed by atoms with Gasteiger partial charge in [0.05, 0.1) is 10.5 Å². The molecule has 1 aromatic carbocycles. The highest BCUT2D eigenvalue weighted by Crippen LogP contribution is 2.19. The van der Waals surface area contributed by atoms with Crippen LogP contribution in [0.5, 0.6) is 0 Å². The van der Waals surface area contributed by atoms with E-state index in [-0.39, 0.29) is 16.0 Å². The Morgan fingerprint density at radius 3 is 2.26 bits per heavy atom. The zero-order chi connectivity index (χ0) is 15.0. The van der Waals surface area contributed by atoms with Gasteiger partial charge >= 0.3 is 0 Å². The van der Waals surface area contributed by atoms with Gasteiger partial charge in [-0.2, -0.15) is 0 Å². The number of carbonyl (C=O) groups is 1. The van der Waals surface area contributed by atoms with Crippen LogP contribution in [-0.4, -0.2) is 19.9 Å². The average Bonchev–Trinajstić information content (AvgIpc) is 2.11. The van der Waals surface area contributed by atoms with Crippen molar-refractivity contribution in [1.82, 2.24) is 5.32 Å². The van der Waals surface area contributed by atoms with Crippen molar-refractivity contribution in [2.45, 2.75) is 38.1 Å². The summed E-state index contributed by atoms with van der Waals surface area (Å²) in [5, 5.41) is 7.58. The summed E-state index contributed by atoms with van der Waals surface area (Å²) in [5.74, 6) is -1.47. The fourth-order valence-corrected chi connectivity index (χ4v) is 2.33. The monoisotopic (exact) mass is 288 g/mol. The molecule has 1 rings (SSSR count). The van der Waals surface area contributed by atoms with E-state index in [2.05, 4.69) is 5.32 Å². The summed E-state index contributed by atoms with van der Waals surface area (Å²) in [7, 11) is -4.00. The zero-order valence-electron chi connectivity index (χ0n) is 11.2. The number of sulfonamides is 1. The molecule has 0 fully saturated rings. The molecule has 0 radical (unpaired) electrons. The molecule has 0 aliphatic rings. The molecular formula is C12H17FN2O3S. The topological polar surface area (TPSA) is 89.3 Å². The summed E-state index contributed by atoms with van der Waals surface area (Å²) in [4.78, 5) is 11.6. The first-order valence-electron chi connectivity index (χ1n) is 5.57. The highest BCUT2D eigenvalue weighted by Gasteiger charge is 2.22. The van der Waals surface area contributed by atoms with Crippen molar-refractivity contribution in [2.75, 3.05) is 0 Å². The molecule has 19 heavy (non-hydrogen) atoms.